The Balaban J connectivity index is 1.75. The lowest BCUT2D eigenvalue weighted by atomic mass is 9.96. The van der Waals surface area contributed by atoms with Gasteiger partial charge in [0.15, 0.2) is 0 Å². The molecule has 1 unspecified atom stereocenters. The van der Waals surface area contributed by atoms with E-state index in [0.717, 1.165) is 24.5 Å². The number of carbonyl (C=O) groups is 1. The van der Waals surface area contributed by atoms with E-state index < -0.39 is 42.6 Å². The molecular weight excluding hydrogens is 466 g/mol. The second-order valence-electron chi connectivity index (χ2n) is 9.30. The summed E-state index contributed by atoms with van der Waals surface area (Å²) < 4.78 is 61.2. The fourth-order valence-electron chi connectivity index (χ4n) is 3.60. The number of anilines is 1. The molecule has 0 radical (unpaired) electrons. The number of benzene rings is 1. The zero-order chi connectivity index (χ0) is 25.4. The SMILES string of the molecule is CC(C)(C)c1ncc(C(=O)Nc2c(-c3cc(F)ccc3F)ncnc2C2CCC(F)(F)CO2)cn1. The van der Waals surface area contributed by atoms with Gasteiger partial charge in [0.05, 0.1) is 16.9 Å². The largest absolute Gasteiger partial charge is 0.366 e. The lowest BCUT2D eigenvalue weighted by Crippen LogP contribution is -2.32. The maximum absolute atomic E-state index is 14.6. The van der Waals surface area contributed by atoms with Crippen LogP contribution < -0.4 is 5.32 Å². The van der Waals surface area contributed by atoms with Crippen LogP contribution in [0.2, 0.25) is 0 Å². The quantitative estimate of drug-likeness (QED) is 0.504. The minimum Gasteiger partial charge on any atom is -0.366 e. The molecule has 1 aliphatic heterocycles. The highest BCUT2D eigenvalue weighted by atomic mass is 19.3. The molecule has 1 amide bonds. The normalized spacial score (nSPS) is 17.7. The highest BCUT2D eigenvalue weighted by Crippen LogP contribution is 2.40. The van der Waals surface area contributed by atoms with Gasteiger partial charge in [-0.2, -0.15) is 0 Å². The molecule has 2 aromatic heterocycles. The number of halogens is 4. The number of ether oxygens (including phenoxy) is 1. The van der Waals surface area contributed by atoms with Gasteiger partial charge >= 0.3 is 0 Å². The lowest BCUT2D eigenvalue weighted by Gasteiger charge is -2.29. The van der Waals surface area contributed by atoms with Gasteiger partial charge in [-0.15, -0.1) is 0 Å². The van der Waals surface area contributed by atoms with Gasteiger partial charge in [-0.05, 0) is 24.6 Å². The Labute approximate surface area is 199 Å². The number of aromatic nitrogens is 4. The second-order valence-corrected chi connectivity index (χ2v) is 9.30. The van der Waals surface area contributed by atoms with Gasteiger partial charge in [-0.3, -0.25) is 4.79 Å². The minimum absolute atomic E-state index is 0.0721. The molecule has 184 valence electrons. The fourth-order valence-corrected chi connectivity index (χ4v) is 3.60. The molecule has 1 atom stereocenters. The van der Waals surface area contributed by atoms with Crippen molar-refractivity contribution in [2.24, 2.45) is 0 Å². The minimum atomic E-state index is -2.99. The van der Waals surface area contributed by atoms with Crippen molar-refractivity contribution in [1.29, 1.82) is 0 Å². The highest BCUT2D eigenvalue weighted by molar-refractivity contribution is 6.06. The molecule has 3 aromatic rings. The number of hydrogen-bond acceptors (Lipinski definition) is 6. The molecule has 1 fully saturated rings. The van der Waals surface area contributed by atoms with Crippen molar-refractivity contribution in [2.75, 3.05) is 11.9 Å². The third-order valence-electron chi connectivity index (χ3n) is 5.46. The summed E-state index contributed by atoms with van der Waals surface area (Å²) in [7, 11) is 0. The molecule has 1 N–H and O–H groups in total. The Morgan fingerprint density at radius 3 is 2.46 bits per heavy atom. The molecule has 1 aromatic carbocycles. The van der Waals surface area contributed by atoms with Gasteiger partial charge in [0, 0.05) is 29.8 Å². The molecule has 7 nitrogen and oxygen atoms in total. The van der Waals surface area contributed by atoms with Crippen LogP contribution in [0, 0.1) is 11.6 Å². The van der Waals surface area contributed by atoms with Crippen molar-refractivity contribution in [3.8, 4) is 11.3 Å². The summed E-state index contributed by atoms with van der Waals surface area (Å²) in [6, 6.07) is 2.79. The fraction of sp³-hybridized carbons (Fsp3) is 0.375. The summed E-state index contributed by atoms with van der Waals surface area (Å²) in [5.41, 5.74) is -0.586. The van der Waals surface area contributed by atoms with Gasteiger partial charge in [0.2, 0.25) is 0 Å². The predicted molar refractivity (Wildman–Crippen MR) is 119 cm³/mol. The zero-order valence-electron chi connectivity index (χ0n) is 19.3. The van der Waals surface area contributed by atoms with Crippen LogP contribution in [0.25, 0.3) is 11.3 Å². The van der Waals surface area contributed by atoms with Crippen molar-refractivity contribution >= 4 is 11.6 Å². The van der Waals surface area contributed by atoms with E-state index in [1.54, 1.807) is 0 Å². The van der Waals surface area contributed by atoms with Crippen LogP contribution in [0.5, 0.6) is 0 Å². The molecule has 0 bridgehead atoms. The van der Waals surface area contributed by atoms with Crippen LogP contribution in [-0.4, -0.2) is 38.4 Å². The van der Waals surface area contributed by atoms with Crippen LogP contribution in [-0.2, 0) is 10.2 Å². The Morgan fingerprint density at radius 1 is 1.11 bits per heavy atom. The molecule has 3 heterocycles. The molecule has 0 saturated carbocycles. The van der Waals surface area contributed by atoms with E-state index in [-0.39, 0.29) is 40.0 Å². The molecule has 1 aliphatic rings. The summed E-state index contributed by atoms with van der Waals surface area (Å²) in [4.78, 5) is 29.7. The standard InChI is InChI=1S/C24H23F4N5O2/c1-23(2,3)22-29-9-13(10-30-22)21(34)33-20-18(15-8-14(25)4-5-16(15)26)31-12-32-19(20)17-6-7-24(27,28)11-35-17/h4-5,8-10,12,17H,6-7,11H2,1-3H3,(H,33,34). The Kier molecular flexibility index (Phi) is 6.54. The van der Waals surface area contributed by atoms with Crippen LogP contribution in [0.15, 0.2) is 36.9 Å². The maximum atomic E-state index is 14.6. The van der Waals surface area contributed by atoms with Crippen molar-refractivity contribution in [2.45, 2.75) is 51.1 Å². The van der Waals surface area contributed by atoms with Crippen LogP contribution in [0.3, 0.4) is 0 Å². The first kappa shape index (κ1) is 24.6. The molecule has 11 heteroatoms. The molecule has 0 aliphatic carbocycles. The number of nitrogens with one attached hydrogen (secondary N) is 1. The third kappa shape index (κ3) is 5.45. The number of carbonyl (C=O) groups excluding carboxylic acids is 1. The number of nitrogens with zero attached hydrogens (tertiary/aromatic N) is 4. The van der Waals surface area contributed by atoms with Crippen molar-refractivity contribution in [3.63, 3.8) is 0 Å². The van der Waals surface area contributed by atoms with Crippen LogP contribution in [0.1, 0.15) is 61.6 Å². The Morgan fingerprint density at radius 2 is 1.83 bits per heavy atom. The van der Waals surface area contributed by atoms with E-state index >= 15 is 0 Å². The lowest BCUT2D eigenvalue weighted by molar-refractivity contribution is -0.146. The number of alkyl halides is 2. The first-order chi connectivity index (χ1) is 16.4. The van der Waals surface area contributed by atoms with Crippen molar-refractivity contribution < 1.29 is 27.1 Å². The van der Waals surface area contributed by atoms with E-state index in [9.17, 15) is 22.4 Å². The molecule has 4 rings (SSSR count). The summed E-state index contributed by atoms with van der Waals surface area (Å²) in [5, 5.41) is 2.62. The second kappa shape index (κ2) is 9.29. The average molecular weight is 489 g/mol. The topological polar surface area (TPSA) is 89.9 Å². The van der Waals surface area contributed by atoms with Gasteiger partial charge in [0.25, 0.3) is 11.8 Å². The smallest absolute Gasteiger partial charge is 0.271 e. The zero-order valence-corrected chi connectivity index (χ0v) is 19.3. The van der Waals surface area contributed by atoms with Crippen molar-refractivity contribution in [3.05, 3.63) is 65.6 Å². The van der Waals surface area contributed by atoms with E-state index in [1.807, 2.05) is 20.8 Å². The first-order valence-electron chi connectivity index (χ1n) is 10.9. The highest BCUT2D eigenvalue weighted by Gasteiger charge is 2.38. The Bertz CT molecular complexity index is 1240. The summed E-state index contributed by atoms with van der Waals surface area (Å²) >= 11 is 0. The summed E-state index contributed by atoms with van der Waals surface area (Å²) in [6.07, 6.45) is 2.30. The van der Waals surface area contributed by atoms with Crippen molar-refractivity contribution in [1.82, 2.24) is 19.9 Å². The first-order valence-corrected chi connectivity index (χ1v) is 10.9. The molecule has 0 spiro atoms. The maximum Gasteiger partial charge on any atom is 0.271 e. The Hall–Kier alpha value is -3.47. The van der Waals surface area contributed by atoms with E-state index in [4.69, 9.17) is 4.74 Å². The van der Waals surface area contributed by atoms with Gasteiger partial charge in [-0.1, -0.05) is 20.8 Å². The number of hydrogen-bond donors (Lipinski definition) is 1. The summed E-state index contributed by atoms with van der Waals surface area (Å²) in [6.45, 7) is 4.93. The van der Waals surface area contributed by atoms with Gasteiger partial charge in [0.1, 0.15) is 42.2 Å². The number of rotatable bonds is 4. The van der Waals surface area contributed by atoms with Crippen LogP contribution >= 0.6 is 0 Å². The average Bonchev–Trinajstić information content (AvgIpc) is 2.80. The van der Waals surface area contributed by atoms with Crippen LogP contribution in [0.4, 0.5) is 23.2 Å². The van der Waals surface area contributed by atoms with Gasteiger partial charge < -0.3 is 10.1 Å². The monoisotopic (exact) mass is 489 g/mol. The van der Waals surface area contributed by atoms with Gasteiger partial charge in [-0.25, -0.2) is 37.5 Å². The predicted octanol–water partition coefficient (Wildman–Crippen LogP) is 5.25. The van der Waals surface area contributed by atoms with E-state index in [0.29, 0.717) is 5.82 Å². The summed E-state index contributed by atoms with van der Waals surface area (Å²) in [5.74, 6) is -4.65. The molecular formula is C24H23F4N5O2. The number of amides is 1. The third-order valence-corrected chi connectivity index (χ3v) is 5.46. The van der Waals surface area contributed by atoms with E-state index in [1.165, 1.54) is 12.4 Å². The molecule has 1 saturated heterocycles. The molecule has 35 heavy (non-hydrogen) atoms. The van der Waals surface area contributed by atoms with E-state index in [2.05, 4.69) is 25.3 Å².